The molecule has 0 bridgehead atoms. The molecule has 3 heterocycles. The average Bonchev–Trinajstić information content (AvgIpc) is 3.05. The van der Waals surface area contributed by atoms with E-state index in [1.807, 2.05) is 0 Å². The lowest BCUT2D eigenvalue weighted by Gasteiger charge is -2.42. The third kappa shape index (κ3) is 3.31. The molecule has 1 aliphatic carbocycles. The van der Waals surface area contributed by atoms with E-state index in [0.29, 0.717) is 15.5 Å². The highest BCUT2D eigenvalue weighted by molar-refractivity contribution is 9.10. The second kappa shape index (κ2) is 7.19. The molecule has 0 spiro atoms. The van der Waals surface area contributed by atoms with E-state index in [9.17, 15) is 14.7 Å². The number of aromatic amines is 1. The Balaban J connectivity index is 1.48. The maximum atomic E-state index is 12.7. The number of halogens is 1. The summed E-state index contributed by atoms with van der Waals surface area (Å²) < 4.78 is 0.700. The van der Waals surface area contributed by atoms with Crippen molar-refractivity contribution in [3.05, 3.63) is 46.7 Å². The number of rotatable bonds is 5. The van der Waals surface area contributed by atoms with E-state index in [4.69, 9.17) is 0 Å². The van der Waals surface area contributed by atoms with Crippen molar-refractivity contribution >= 4 is 38.8 Å². The van der Waals surface area contributed by atoms with Crippen LogP contribution >= 0.6 is 15.9 Å². The molecule has 28 heavy (non-hydrogen) atoms. The molecule has 10 heteroatoms. The summed E-state index contributed by atoms with van der Waals surface area (Å²) in [6.07, 6.45) is 6.84. The van der Waals surface area contributed by atoms with Crippen molar-refractivity contribution in [1.29, 1.82) is 0 Å². The van der Waals surface area contributed by atoms with Gasteiger partial charge in [0.1, 0.15) is 23.4 Å². The Morgan fingerprint density at radius 1 is 1.21 bits per heavy atom. The van der Waals surface area contributed by atoms with Crippen LogP contribution in [0.15, 0.2) is 35.3 Å². The van der Waals surface area contributed by atoms with Crippen LogP contribution in [0.3, 0.4) is 0 Å². The van der Waals surface area contributed by atoms with Gasteiger partial charge in [0.15, 0.2) is 5.69 Å². The van der Waals surface area contributed by atoms with Crippen LogP contribution in [0.1, 0.15) is 40.2 Å². The van der Waals surface area contributed by atoms with Crippen LogP contribution < -0.4 is 10.6 Å². The van der Waals surface area contributed by atoms with Crippen LogP contribution in [0, 0.1) is 0 Å². The van der Waals surface area contributed by atoms with E-state index < -0.39 is 11.4 Å². The van der Waals surface area contributed by atoms with Crippen LogP contribution in [0.2, 0.25) is 0 Å². The number of nitrogens with zero attached hydrogens (tertiary/aromatic N) is 3. The number of pyridine rings is 1. The van der Waals surface area contributed by atoms with Crippen LogP contribution in [0.4, 0.5) is 0 Å². The molecule has 3 aromatic heterocycles. The Morgan fingerprint density at radius 2 is 2.04 bits per heavy atom. The summed E-state index contributed by atoms with van der Waals surface area (Å²) in [4.78, 5) is 40.3. The van der Waals surface area contributed by atoms with Crippen molar-refractivity contribution in [3.8, 4) is 5.75 Å². The fourth-order valence-electron chi connectivity index (χ4n) is 3.25. The van der Waals surface area contributed by atoms with Crippen molar-refractivity contribution < 1.29 is 14.7 Å². The number of carbonyl (C=O) groups excluding carboxylic acids is 2. The number of aromatic hydroxyl groups is 1. The molecule has 1 fully saturated rings. The van der Waals surface area contributed by atoms with Gasteiger partial charge in [-0.05, 0) is 47.3 Å². The highest BCUT2D eigenvalue weighted by atomic mass is 79.9. The second-order valence-electron chi connectivity index (χ2n) is 6.72. The lowest BCUT2D eigenvalue weighted by Crippen LogP contribution is -2.60. The number of nitrogens with one attached hydrogen (secondary N) is 3. The van der Waals surface area contributed by atoms with Crippen molar-refractivity contribution in [3.63, 3.8) is 0 Å². The number of carbonyl (C=O) groups is 2. The third-order valence-electron chi connectivity index (χ3n) is 4.91. The SMILES string of the molecule is O=C(NC1(CNC(=O)c2ncnc3[nH]cc(Br)c23)CCC1)c1ncccc1O. The van der Waals surface area contributed by atoms with E-state index in [2.05, 4.69) is 46.5 Å². The molecular formula is C18H17BrN6O3. The summed E-state index contributed by atoms with van der Waals surface area (Å²) >= 11 is 3.39. The Morgan fingerprint density at radius 3 is 2.75 bits per heavy atom. The topological polar surface area (TPSA) is 133 Å². The third-order valence-corrected chi connectivity index (χ3v) is 5.54. The van der Waals surface area contributed by atoms with Gasteiger partial charge in [-0.3, -0.25) is 9.59 Å². The van der Waals surface area contributed by atoms with Gasteiger partial charge in [-0.1, -0.05) is 0 Å². The van der Waals surface area contributed by atoms with E-state index in [1.165, 1.54) is 18.6 Å². The van der Waals surface area contributed by atoms with Crippen LogP contribution in [0.5, 0.6) is 5.75 Å². The van der Waals surface area contributed by atoms with Gasteiger partial charge in [0.25, 0.3) is 11.8 Å². The highest BCUT2D eigenvalue weighted by Gasteiger charge is 2.39. The zero-order valence-electron chi connectivity index (χ0n) is 14.7. The van der Waals surface area contributed by atoms with Crippen molar-refractivity contribution in [2.75, 3.05) is 6.54 Å². The number of fused-ring (bicyclic) bond motifs is 1. The van der Waals surface area contributed by atoms with Gasteiger partial charge in [0.2, 0.25) is 0 Å². The van der Waals surface area contributed by atoms with Gasteiger partial charge >= 0.3 is 0 Å². The molecule has 1 saturated carbocycles. The summed E-state index contributed by atoms with van der Waals surface area (Å²) in [5, 5.41) is 16.2. The molecule has 0 aliphatic heterocycles. The fraction of sp³-hybridized carbons (Fsp3) is 0.278. The van der Waals surface area contributed by atoms with Crippen molar-refractivity contribution in [2.24, 2.45) is 0 Å². The number of hydrogen-bond acceptors (Lipinski definition) is 6. The minimum absolute atomic E-state index is 0.0335. The predicted octanol–water partition coefficient (Wildman–Crippen LogP) is 1.90. The molecule has 0 unspecified atom stereocenters. The largest absolute Gasteiger partial charge is 0.505 e. The first-order chi connectivity index (χ1) is 13.5. The van der Waals surface area contributed by atoms with E-state index in [0.717, 1.165) is 19.3 Å². The van der Waals surface area contributed by atoms with Gasteiger partial charge in [0.05, 0.1) is 10.9 Å². The molecule has 0 atom stereocenters. The van der Waals surface area contributed by atoms with E-state index >= 15 is 0 Å². The smallest absolute Gasteiger partial charge is 0.274 e. The fourth-order valence-corrected chi connectivity index (χ4v) is 3.74. The second-order valence-corrected chi connectivity index (χ2v) is 7.58. The minimum atomic E-state index is -0.571. The Hall–Kier alpha value is -3.01. The quantitative estimate of drug-likeness (QED) is 0.474. The first-order valence-electron chi connectivity index (χ1n) is 8.71. The van der Waals surface area contributed by atoms with Crippen LogP contribution in [-0.4, -0.2) is 48.9 Å². The molecule has 4 rings (SSSR count). The summed E-state index contributed by atoms with van der Waals surface area (Å²) in [6.45, 7) is 0.249. The van der Waals surface area contributed by atoms with Gasteiger partial charge < -0.3 is 20.7 Å². The molecule has 9 nitrogen and oxygen atoms in total. The van der Waals surface area contributed by atoms with E-state index in [-0.39, 0.29) is 29.6 Å². The van der Waals surface area contributed by atoms with Crippen molar-refractivity contribution in [1.82, 2.24) is 30.6 Å². The molecule has 0 saturated heterocycles. The molecule has 2 amide bonds. The molecule has 0 radical (unpaired) electrons. The standard InChI is InChI=1S/C18H17BrN6O3/c19-10-7-21-15-12(10)14(23-9-24-15)16(27)22-8-18(4-2-5-18)25-17(28)13-11(26)3-1-6-20-13/h1,3,6-7,9,26H,2,4-5,8H2,(H,22,27)(H,25,28)(H,21,23,24). The molecule has 1 aliphatic rings. The number of hydrogen-bond donors (Lipinski definition) is 4. The normalized spacial score (nSPS) is 15.0. The van der Waals surface area contributed by atoms with E-state index in [1.54, 1.807) is 12.3 Å². The number of amides is 2. The van der Waals surface area contributed by atoms with Gasteiger partial charge in [-0.25, -0.2) is 15.0 Å². The molecule has 144 valence electrons. The Bertz CT molecular complexity index is 1060. The zero-order chi connectivity index (χ0) is 19.7. The summed E-state index contributed by atoms with van der Waals surface area (Å²) in [5.74, 6) is -1.00. The molecule has 4 N–H and O–H groups in total. The zero-order valence-corrected chi connectivity index (χ0v) is 16.3. The summed E-state index contributed by atoms with van der Waals surface area (Å²) in [7, 11) is 0. The minimum Gasteiger partial charge on any atom is -0.505 e. The Labute approximate surface area is 168 Å². The maximum Gasteiger partial charge on any atom is 0.274 e. The van der Waals surface area contributed by atoms with Gasteiger partial charge in [0, 0.05) is 23.4 Å². The summed E-state index contributed by atoms with van der Waals surface area (Å²) in [5.41, 5.74) is 0.206. The van der Waals surface area contributed by atoms with Crippen molar-refractivity contribution in [2.45, 2.75) is 24.8 Å². The lowest BCUT2D eigenvalue weighted by atomic mass is 9.76. The first kappa shape index (κ1) is 18.4. The first-order valence-corrected chi connectivity index (χ1v) is 9.51. The lowest BCUT2D eigenvalue weighted by molar-refractivity contribution is 0.0781. The molecular weight excluding hydrogens is 428 g/mol. The number of aromatic nitrogens is 4. The predicted molar refractivity (Wildman–Crippen MR) is 104 cm³/mol. The maximum absolute atomic E-state index is 12.7. The monoisotopic (exact) mass is 444 g/mol. The highest BCUT2D eigenvalue weighted by Crippen LogP contribution is 2.32. The van der Waals surface area contributed by atoms with Crippen LogP contribution in [0.25, 0.3) is 11.0 Å². The van der Waals surface area contributed by atoms with Gasteiger partial charge in [-0.2, -0.15) is 0 Å². The average molecular weight is 445 g/mol. The molecule has 0 aromatic carbocycles. The molecule has 3 aromatic rings. The Kier molecular flexibility index (Phi) is 4.71. The summed E-state index contributed by atoms with van der Waals surface area (Å²) in [6, 6.07) is 2.96. The number of H-pyrrole nitrogens is 1. The van der Waals surface area contributed by atoms with Gasteiger partial charge in [-0.15, -0.1) is 0 Å². The van der Waals surface area contributed by atoms with Crippen LogP contribution in [-0.2, 0) is 0 Å².